The van der Waals surface area contributed by atoms with Gasteiger partial charge in [0.25, 0.3) is 0 Å². The van der Waals surface area contributed by atoms with Crippen LogP contribution < -0.4 is 0 Å². The van der Waals surface area contributed by atoms with Gasteiger partial charge in [-0.05, 0) is 49.6 Å². The van der Waals surface area contributed by atoms with Crippen LogP contribution in [-0.4, -0.2) is 54.9 Å². The van der Waals surface area contributed by atoms with E-state index in [1.165, 1.54) is 5.56 Å². The topological polar surface area (TPSA) is 67.2 Å². The molecular weight excluding hydrogens is 400 g/mol. The van der Waals surface area contributed by atoms with Crippen LogP contribution >= 0.6 is 0 Å². The Morgan fingerprint density at radius 3 is 2.66 bits per heavy atom. The first-order valence-corrected chi connectivity index (χ1v) is 11.4. The molecule has 7 heteroatoms. The summed E-state index contributed by atoms with van der Waals surface area (Å²) in [7, 11) is 0. The lowest BCUT2D eigenvalue weighted by Gasteiger charge is -2.28. The van der Waals surface area contributed by atoms with E-state index in [0.717, 1.165) is 43.9 Å². The van der Waals surface area contributed by atoms with Crippen molar-refractivity contribution in [1.29, 1.82) is 0 Å². The summed E-state index contributed by atoms with van der Waals surface area (Å²) < 4.78 is 2.14. The number of hydrogen-bond donors (Lipinski definition) is 0. The molecule has 7 nitrogen and oxygen atoms in total. The second kappa shape index (κ2) is 8.47. The number of pyridine rings is 2. The summed E-state index contributed by atoms with van der Waals surface area (Å²) in [6, 6.07) is 8.40. The molecule has 2 aliphatic heterocycles. The minimum atomic E-state index is -0.425. The molecule has 0 bridgehead atoms. The van der Waals surface area contributed by atoms with Crippen molar-refractivity contribution in [2.45, 2.75) is 45.3 Å². The standard InChI is InChI=1S/C25H30N6O/c1-19(2)31-16-23(28-18-31)22-15-29(13-21-4-3-8-27-12-21)17-25(22)7-11-30(24(25)32)14-20-5-9-26-10-6-20/h3-6,8-10,12,16,18-19,22H,7,11,13-15,17H2,1-2H3. The lowest BCUT2D eigenvalue weighted by Crippen LogP contribution is -2.39. The van der Waals surface area contributed by atoms with Gasteiger partial charge in [-0.1, -0.05) is 6.07 Å². The van der Waals surface area contributed by atoms with Gasteiger partial charge in [0, 0.05) is 75.7 Å². The van der Waals surface area contributed by atoms with Gasteiger partial charge in [-0.3, -0.25) is 19.7 Å². The van der Waals surface area contributed by atoms with Crippen LogP contribution in [0, 0.1) is 5.41 Å². The second-order valence-corrected chi connectivity index (χ2v) is 9.41. The fraction of sp³-hybridized carbons (Fsp3) is 0.440. The smallest absolute Gasteiger partial charge is 0.231 e. The highest BCUT2D eigenvalue weighted by Crippen LogP contribution is 2.50. The number of imidazole rings is 1. The van der Waals surface area contributed by atoms with Crippen LogP contribution in [0.15, 0.2) is 61.6 Å². The van der Waals surface area contributed by atoms with Crippen LogP contribution in [0.3, 0.4) is 0 Å². The molecule has 3 aromatic rings. The molecule has 5 heterocycles. The van der Waals surface area contributed by atoms with Gasteiger partial charge in [0.05, 0.1) is 17.4 Å². The van der Waals surface area contributed by atoms with E-state index in [9.17, 15) is 4.79 Å². The molecule has 32 heavy (non-hydrogen) atoms. The molecule has 166 valence electrons. The second-order valence-electron chi connectivity index (χ2n) is 9.41. The van der Waals surface area contributed by atoms with Crippen LogP contribution in [0.5, 0.6) is 0 Å². The molecule has 2 unspecified atom stereocenters. The lowest BCUT2D eigenvalue weighted by atomic mass is 9.75. The van der Waals surface area contributed by atoms with E-state index in [2.05, 4.69) is 45.5 Å². The van der Waals surface area contributed by atoms with Gasteiger partial charge in [-0.25, -0.2) is 4.98 Å². The third kappa shape index (κ3) is 3.81. The zero-order valence-corrected chi connectivity index (χ0v) is 18.8. The first-order chi connectivity index (χ1) is 15.5. The van der Waals surface area contributed by atoms with Crippen molar-refractivity contribution < 1.29 is 4.79 Å². The third-order valence-electron chi connectivity index (χ3n) is 6.98. The number of rotatable bonds is 6. The van der Waals surface area contributed by atoms with E-state index in [0.29, 0.717) is 12.6 Å². The van der Waals surface area contributed by atoms with E-state index >= 15 is 0 Å². The fourth-order valence-corrected chi connectivity index (χ4v) is 5.26. The van der Waals surface area contributed by atoms with Crippen molar-refractivity contribution in [3.8, 4) is 0 Å². The van der Waals surface area contributed by atoms with E-state index in [1.54, 1.807) is 18.6 Å². The van der Waals surface area contributed by atoms with Gasteiger partial charge in [-0.2, -0.15) is 0 Å². The Balaban J connectivity index is 1.43. The van der Waals surface area contributed by atoms with Crippen molar-refractivity contribution in [2.75, 3.05) is 19.6 Å². The average Bonchev–Trinajstić information content (AvgIpc) is 3.50. The van der Waals surface area contributed by atoms with Gasteiger partial charge in [0.1, 0.15) is 0 Å². The van der Waals surface area contributed by atoms with Gasteiger partial charge < -0.3 is 9.47 Å². The van der Waals surface area contributed by atoms with Crippen LogP contribution in [0.1, 0.15) is 49.0 Å². The lowest BCUT2D eigenvalue weighted by molar-refractivity contribution is -0.136. The number of carbonyl (C=O) groups is 1. The molecule has 0 radical (unpaired) electrons. The zero-order chi connectivity index (χ0) is 22.1. The number of aromatic nitrogens is 4. The van der Waals surface area contributed by atoms with Crippen molar-refractivity contribution in [3.05, 3.63) is 78.4 Å². The largest absolute Gasteiger partial charge is 0.338 e. The Morgan fingerprint density at radius 1 is 1.09 bits per heavy atom. The number of hydrogen-bond acceptors (Lipinski definition) is 5. The number of carbonyl (C=O) groups excluding carboxylic acids is 1. The van der Waals surface area contributed by atoms with Gasteiger partial charge in [-0.15, -0.1) is 0 Å². The summed E-state index contributed by atoms with van der Waals surface area (Å²) in [5.74, 6) is 0.348. The van der Waals surface area contributed by atoms with E-state index < -0.39 is 5.41 Å². The summed E-state index contributed by atoms with van der Waals surface area (Å²) in [6.45, 7) is 8.12. The fourth-order valence-electron chi connectivity index (χ4n) is 5.26. The molecule has 0 saturated carbocycles. The minimum absolute atomic E-state index is 0.0918. The van der Waals surface area contributed by atoms with Crippen LogP contribution in [0.4, 0.5) is 0 Å². The van der Waals surface area contributed by atoms with Crippen LogP contribution in [0.2, 0.25) is 0 Å². The highest BCUT2D eigenvalue weighted by Gasteiger charge is 2.57. The molecule has 0 N–H and O–H groups in total. The summed E-state index contributed by atoms with van der Waals surface area (Å²) >= 11 is 0. The van der Waals surface area contributed by atoms with Gasteiger partial charge >= 0.3 is 0 Å². The number of nitrogens with zero attached hydrogens (tertiary/aromatic N) is 6. The zero-order valence-electron chi connectivity index (χ0n) is 18.8. The normalized spacial score (nSPS) is 23.7. The Kier molecular flexibility index (Phi) is 5.51. The highest BCUT2D eigenvalue weighted by molar-refractivity contribution is 5.86. The maximum absolute atomic E-state index is 13.9. The van der Waals surface area contributed by atoms with Crippen molar-refractivity contribution in [1.82, 2.24) is 29.3 Å². The summed E-state index contributed by atoms with van der Waals surface area (Å²) in [5.41, 5.74) is 2.91. The molecule has 2 fully saturated rings. The van der Waals surface area contributed by atoms with E-state index in [4.69, 9.17) is 4.98 Å². The Labute approximate surface area is 189 Å². The van der Waals surface area contributed by atoms with Crippen molar-refractivity contribution >= 4 is 5.91 Å². The molecular formula is C25H30N6O. The van der Waals surface area contributed by atoms with Gasteiger partial charge in [0.2, 0.25) is 5.91 Å². The molecule has 0 aromatic carbocycles. The molecule has 2 saturated heterocycles. The molecule has 2 atom stereocenters. The SMILES string of the molecule is CC(C)n1cnc(C2CN(Cc3cccnc3)CC23CCN(Cc2ccncc2)C3=O)c1. The summed E-state index contributed by atoms with van der Waals surface area (Å²) in [4.78, 5) is 31.5. The maximum Gasteiger partial charge on any atom is 0.231 e. The number of amides is 1. The average molecular weight is 431 g/mol. The molecule has 1 spiro atoms. The minimum Gasteiger partial charge on any atom is -0.338 e. The monoisotopic (exact) mass is 430 g/mol. The Hall–Kier alpha value is -3.06. The molecule has 2 aliphatic rings. The van der Waals surface area contributed by atoms with Crippen LogP contribution in [-0.2, 0) is 17.9 Å². The number of likely N-dealkylation sites (tertiary alicyclic amines) is 2. The van der Waals surface area contributed by atoms with Crippen molar-refractivity contribution in [2.24, 2.45) is 5.41 Å². The first kappa shape index (κ1) is 20.8. The summed E-state index contributed by atoms with van der Waals surface area (Å²) in [6.07, 6.45) is 12.2. The molecule has 1 amide bonds. The molecule has 5 rings (SSSR count). The molecule has 3 aromatic heterocycles. The third-order valence-corrected chi connectivity index (χ3v) is 6.98. The quantitative estimate of drug-likeness (QED) is 0.600. The predicted molar refractivity (Wildman–Crippen MR) is 122 cm³/mol. The molecule has 0 aliphatic carbocycles. The van der Waals surface area contributed by atoms with Crippen molar-refractivity contribution in [3.63, 3.8) is 0 Å². The maximum atomic E-state index is 13.9. The highest BCUT2D eigenvalue weighted by atomic mass is 16.2. The van der Waals surface area contributed by atoms with E-state index in [1.807, 2.05) is 35.6 Å². The van der Waals surface area contributed by atoms with Gasteiger partial charge in [0.15, 0.2) is 0 Å². The predicted octanol–water partition coefficient (Wildman–Crippen LogP) is 3.27. The van der Waals surface area contributed by atoms with E-state index in [-0.39, 0.29) is 11.8 Å². The Bertz CT molecular complexity index is 1070. The van der Waals surface area contributed by atoms with Crippen LogP contribution in [0.25, 0.3) is 0 Å². The Morgan fingerprint density at radius 2 is 1.94 bits per heavy atom. The first-order valence-electron chi connectivity index (χ1n) is 11.4. The summed E-state index contributed by atoms with van der Waals surface area (Å²) in [5, 5.41) is 0.